The Bertz CT molecular complexity index is 505. The number of hydrogen-bond acceptors (Lipinski definition) is 5. The van der Waals surface area contributed by atoms with Crippen LogP contribution in [0.2, 0.25) is 0 Å². The topological polar surface area (TPSA) is 84.3 Å². The van der Waals surface area contributed by atoms with E-state index in [2.05, 4.69) is 15.3 Å². The molecule has 1 aliphatic rings. The minimum absolute atomic E-state index is 0.0539. The first-order valence-corrected chi connectivity index (χ1v) is 7.45. The van der Waals surface area contributed by atoms with Crippen molar-refractivity contribution < 1.29 is 14.6 Å². The maximum Gasteiger partial charge on any atom is 0.306 e. The lowest BCUT2D eigenvalue weighted by atomic mass is 9.86. The fraction of sp³-hybridized carbons (Fsp3) is 0.667. The van der Waals surface area contributed by atoms with Crippen molar-refractivity contribution >= 4 is 11.9 Å². The Hall–Kier alpha value is -1.85. The first-order valence-electron chi connectivity index (χ1n) is 7.45. The average Bonchev–Trinajstić information content (AvgIpc) is 2.37. The summed E-state index contributed by atoms with van der Waals surface area (Å²) in [6.45, 7) is 5.78. The lowest BCUT2D eigenvalue weighted by molar-refractivity contribution is -0.142. The number of rotatable bonds is 5. The quantitative estimate of drug-likeness (QED) is 0.868. The molecule has 2 rings (SSSR count). The lowest BCUT2D eigenvalue weighted by Gasteiger charge is -2.27. The number of anilines is 1. The number of aryl methyl sites for hydroxylation is 1. The maximum atomic E-state index is 11.1. The Labute approximate surface area is 124 Å². The summed E-state index contributed by atoms with van der Waals surface area (Å²) in [5.74, 6) is 0.0789. The van der Waals surface area contributed by atoms with Gasteiger partial charge in [0.25, 0.3) is 0 Å². The summed E-state index contributed by atoms with van der Waals surface area (Å²) in [5, 5.41) is 12.4. The van der Waals surface area contributed by atoms with Crippen LogP contribution < -0.4 is 10.1 Å². The summed E-state index contributed by atoms with van der Waals surface area (Å²) in [7, 11) is 0. The van der Waals surface area contributed by atoms with Gasteiger partial charge in [-0.15, -0.1) is 0 Å². The summed E-state index contributed by atoms with van der Waals surface area (Å²) >= 11 is 0. The molecule has 1 saturated carbocycles. The first kappa shape index (κ1) is 15.5. The molecule has 1 aliphatic carbocycles. The molecule has 6 nitrogen and oxygen atoms in total. The Morgan fingerprint density at radius 3 is 2.86 bits per heavy atom. The predicted octanol–water partition coefficient (Wildman–Crippen LogP) is 2.63. The van der Waals surface area contributed by atoms with E-state index in [1.807, 2.05) is 20.8 Å². The molecule has 2 N–H and O–H groups in total. The molecule has 0 bridgehead atoms. The molecule has 1 aromatic heterocycles. The zero-order valence-corrected chi connectivity index (χ0v) is 12.8. The van der Waals surface area contributed by atoms with Crippen molar-refractivity contribution in [1.29, 1.82) is 0 Å². The van der Waals surface area contributed by atoms with Gasteiger partial charge in [-0.2, -0.15) is 4.98 Å². The summed E-state index contributed by atoms with van der Waals surface area (Å²) in [6, 6.07) is 1.90. The number of nitrogens with zero attached hydrogens (tertiary/aromatic N) is 2. The number of carboxylic acid groups (broad SMARTS) is 1. The number of hydrogen-bond donors (Lipinski definition) is 2. The van der Waals surface area contributed by atoms with Crippen LogP contribution in [0.5, 0.6) is 5.88 Å². The van der Waals surface area contributed by atoms with E-state index in [4.69, 9.17) is 9.84 Å². The van der Waals surface area contributed by atoms with Crippen LogP contribution in [-0.4, -0.2) is 33.2 Å². The minimum Gasteiger partial charge on any atom is -0.481 e. The largest absolute Gasteiger partial charge is 0.481 e. The fourth-order valence-electron chi connectivity index (χ4n) is 2.63. The Balaban J connectivity index is 2.04. The second-order valence-corrected chi connectivity index (χ2v) is 5.88. The van der Waals surface area contributed by atoms with Crippen LogP contribution in [0.15, 0.2) is 6.07 Å². The van der Waals surface area contributed by atoms with Crippen LogP contribution in [0.25, 0.3) is 0 Å². The van der Waals surface area contributed by atoms with Crippen LogP contribution in [0.1, 0.15) is 45.2 Å². The molecule has 1 heterocycles. The molecule has 1 aromatic rings. The van der Waals surface area contributed by atoms with E-state index < -0.39 is 5.97 Å². The Kier molecular flexibility index (Phi) is 4.98. The molecular weight excluding hydrogens is 270 g/mol. The normalized spacial score (nSPS) is 22.1. The number of aromatic nitrogens is 2. The van der Waals surface area contributed by atoms with Crippen molar-refractivity contribution in [2.45, 2.75) is 58.6 Å². The third-order valence-corrected chi connectivity index (χ3v) is 3.54. The van der Waals surface area contributed by atoms with Crippen LogP contribution in [-0.2, 0) is 4.79 Å². The van der Waals surface area contributed by atoms with E-state index in [1.165, 1.54) is 0 Å². The van der Waals surface area contributed by atoms with Gasteiger partial charge in [0.1, 0.15) is 0 Å². The van der Waals surface area contributed by atoms with Crippen molar-refractivity contribution in [3.63, 3.8) is 0 Å². The van der Waals surface area contributed by atoms with Gasteiger partial charge in [-0.25, -0.2) is 4.98 Å². The van der Waals surface area contributed by atoms with E-state index >= 15 is 0 Å². The van der Waals surface area contributed by atoms with Crippen molar-refractivity contribution in [3.8, 4) is 5.88 Å². The lowest BCUT2D eigenvalue weighted by Crippen LogP contribution is -2.31. The molecule has 0 spiro atoms. The molecule has 1 fully saturated rings. The number of nitrogens with one attached hydrogen (secondary N) is 1. The highest BCUT2D eigenvalue weighted by atomic mass is 16.5. The zero-order chi connectivity index (χ0) is 15.4. The molecule has 0 radical (unpaired) electrons. The number of carbonyl (C=O) groups is 1. The minimum atomic E-state index is -0.713. The van der Waals surface area contributed by atoms with Gasteiger partial charge >= 0.3 is 5.97 Å². The van der Waals surface area contributed by atoms with Crippen molar-refractivity contribution in [2.75, 3.05) is 5.32 Å². The van der Waals surface area contributed by atoms with E-state index in [0.29, 0.717) is 18.2 Å². The van der Waals surface area contributed by atoms with Gasteiger partial charge in [-0.1, -0.05) is 6.42 Å². The zero-order valence-electron chi connectivity index (χ0n) is 12.8. The van der Waals surface area contributed by atoms with Gasteiger partial charge in [0, 0.05) is 17.8 Å². The van der Waals surface area contributed by atoms with Crippen LogP contribution in [0.4, 0.5) is 5.95 Å². The smallest absolute Gasteiger partial charge is 0.306 e. The number of aliphatic carboxylic acids is 1. The van der Waals surface area contributed by atoms with Crippen molar-refractivity contribution in [3.05, 3.63) is 11.8 Å². The molecule has 21 heavy (non-hydrogen) atoms. The fourth-order valence-corrected chi connectivity index (χ4v) is 2.63. The van der Waals surface area contributed by atoms with E-state index in [0.717, 1.165) is 25.0 Å². The standard InChI is InChI=1S/C15H23N3O3/c1-9(2)21-13-7-10(3)16-15(18-13)17-12-6-4-5-11(8-12)14(19)20/h7,9,11-12H,4-6,8H2,1-3H3,(H,19,20)(H,16,17,18). The van der Waals surface area contributed by atoms with Gasteiger partial charge in [0.2, 0.25) is 11.8 Å². The Morgan fingerprint density at radius 2 is 2.19 bits per heavy atom. The summed E-state index contributed by atoms with van der Waals surface area (Å²) in [5.41, 5.74) is 0.828. The highest BCUT2D eigenvalue weighted by Gasteiger charge is 2.27. The molecule has 116 valence electrons. The molecule has 0 aromatic carbocycles. The van der Waals surface area contributed by atoms with Crippen LogP contribution in [0.3, 0.4) is 0 Å². The summed E-state index contributed by atoms with van der Waals surface area (Å²) in [4.78, 5) is 19.8. The predicted molar refractivity (Wildman–Crippen MR) is 79.5 cm³/mol. The number of carboxylic acids is 1. The Morgan fingerprint density at radius 1 is 1.43 bits per heavy atom. The molecule has 2 atom stereocenters. The van der Waals surface area contributed by atoms with Gasteiger partial charge in [-0.3, -0.25) is 4.79 Å². The highest BCUT2D eigenvalue weighted by molar-refractivity contribution is 5.70. The van der Waals surface area contributed by atoms with Gasteiger partial charge in [0.05, 0.1) is 12.0 Å². The van der Waals surface area contributed by atoms with Gasteiger partial charge in [-0.05, 0) is 40.0 Å². The van der Waals surface area contributed by atoms with Crippen molar-refractivity contribution in [1.82, 2.24) is 9.97 Å². The van der Waals surface area contributed by atoms with E-state index in [9.17, 15) is 4.79 Å². The molecule has 0 amide bonds. The summed E-state index contributed by atoms with van der Waals surface area (Å²) in [6.07, 6.45) is 3.28. The third-order valence-electron chi connectivity index (χ3n) is 3.54. The van der Waals surface area contributed by atoms with Gasteiger partial charge in [0.15, 0.2) is 0 Å². The van der Waals surface area contributed by atoms with Gasteiger partial charge < -0.3 is 15.2 Å². The second-order valence-electron chi connectivity index (χ2n) is 5.88. The van der Waals surface area contributed by atoms with Crippen molar-refractivity contribution in [2.24, 2.45) is 5.92 Å². The maximum absolute atomic E-state index is 11.1. The molecule has 0 saturated heterocycles. The first-order chi connectivity index (χ1) is 9.94. The number of ether oxygens (including phenoxy) is 1. The van der Waals surface area contributed by atoms with E-state index in [-0.39, 0.29) is 18.1 Å². The highest BCUT2D eigenvalue weighted by Crippen LogP contribution is 2.26. The van der Waals surface area contributed by atoms with E-state index in [1.54, 1.807) is 6.07 Å². The molecular formula is C15H23N3O3. The second kappa shape index (κ2) is 6.74. The molecule has 6 heteroatoms. The molecule has 2 unspecified atom stereocenters. The van der Waals surface area contributed by atoms with Crippen LogP contribution in [0, 0.1) is 12.8 Å². The average molecular weight is 293 g/mol. The van der Waals surface area contributed by atoms with Crippen LogP contribution >= 0.6 is 0 Å². The monoisotopic (exact) mass is 293 g/mol. The SMILES string of the molecule is Cc1cc(OC(C)C)nc(NC2CCCC(C(=O)O)C2)n1. The third kappa shape index (κ3) is 4.58. The summed E-state index contributed by atoms with van der Waals surface area (Å²) < 4.78 is 5.60. The molecule has 0 aliphatic heterocycles.